The van der Waals surface area contributed by atoms with Crippen LogP contribution in [0.3, 0.4) is 0 Å². The Morgan fingerprint density at radius 2 is 2.04 bits per heavy atom. The Balaban J connectivity index is 1.78. The summed E-state index contributed by atoms with van der Waals surface area (Å²) < 4.78 is 23.9. The lowest BCUT2D eigenvalue weighted by Crippen LogP contribution is -2.42. The molecule has 1 aromatic heterocycles. The largest absolute Gasteiger partial charge is 0.334 e. The molecular formula is C19H30N2O3S2. The van der Waals surface area contributed by atoms with Gasteiger partial charge in [0.25, 0.3) is 5.91 Å². The molecule has 0 radical (unpaired) electrons. The summed E-state index contributed by atoms with van der Waals surface area (Å²) in [4.78, 5) is 19.3. The van der Waals surface area contributed by atoms with Crippen molar-refractivity contribution in [3.05, 3.63) is 21.4 Å². The first-order chi connectivity index (χ1) is 12.2. The molecule has 2 heterocycles. The number of carbonyl (C=O) groups excluding carboxylic acids is 1. The minimum atomic E-state index is -3.01. The molecule has 26 heavy (non-hydrogen) atoms. The predicted octanol–water partition coefficient (Wildman–Crippen LogP) is 2.45. The normalized spacial score (nSPS) is 24.6. The average Bonchev–Trinajstić information content (AvgIpc) is 3.13. The van der Waals surface area contributed by atoms with Crippen molar-refractivity contribution in [1.82, 2.24) is 9.80 Å². The molecule has 5 nitrogen and oxygen atoms in total. The van der Waals surface area contributed by atoms with E-state index in [0.717, 1.165) is 30.7 Å². The maximum atomic E-state index is 13.2. The summed E-state index contributed by atoms with van der Waals surface area (Å²) in [5.74, 6) is 1.02. The van der Waals surface area contributed by atoms with Gasteiger partial charge in [0.15, 0.2) is 9.84 Å². The molecule has 1 amide bonds. The van der Waals surface area contributed by atoms with E-state index in [1.165, 1.54) is 16.9 Å². The van der Waals surface area contributed by atoms with Crippen molar-refractivity contribution in [2.75, 3.05) is 38.7 Å². The van der Waals surface area contributed by atoms with Crippen molar-refractivity contribution in [2.24, 2.45) is 5.92 Å². The van der Waals surface area contributed by atoms with E-state index < -0.39 is 9.84 Å². The third kappa shape index (κ3) is 4.67. The van der Waals surface area contributed by atoms with Crippen LogP contribution < -0.4 is 0 Å². The molecule has 1 saturated heterocycles. The lowest BCUT2D eigenvalue weighted by atomic mass is 9.90. The van der Waals surface area contributed by atoms with Crippen molar-refractivity contribution in [2.45, 2.75) is 45.1 Å². The number of fused-ring (bicyclic) bond motifs is 1. The van der Waals surface area contributed by atoms with Crippen LogP contribution in [0.25, 0.3) is 0 Å². The zero-order chi connectivity index (χ0) is 18.9. The van der Waals surface area contributed by atoms with Gasteiger partial charge in [0.1, 0.15) is 0 Å². The van der Waals surface area contributed by atoms with E-state index in [4.69, 9.17) is 0 Å². The van der Waals surface area contributed by atoms with Gasteiger partial charge in [-0.15, -0.1) is 11.3 Å². The number of rotatable bonds is 6. The number of nitrogens with zero attached hydrogens (tertiary/aromatic N) is 2. The van der Waals surface area contributed by atoms with Crippen LogP contribution in [-0.4, -0.2) is 68.9 Å². The smallest absolute Gasteiger partial charge is 0.264 e. The molecule has 2 atom stereocenters. The molecule has 1 aliphatic heterocycles. The standard InChI is InChI=1S/C19H30N2O3S2/c1-14-5-6-17-15(11-14)12-18(25-17)19(22)21(9-4-8-20(2)3)16-7-10-26(23,24)13-16/h12,14,16H,4-11,13H2,1-3H3. The van der Waals surface area contributed by atoms with Crippen LogP contribution in [0.2, 0.25) is 0 Å². The lowest BCUT2D eigenvalue weighted by molar-refractivity contribution is 0.0695. The van der Waals surface area contributed by atoms with Gasteiger partial charge in [0.2, 0.25) is 0 Å². The summed E-state index contributed by atoms with van der Waals surface area (Å²) >= 11 is 1.62. The Morgan fingerprint density at radius 1 is 1.27 bits per heavy atom. The Kier molecular flexibility index (Phi) is 6.09. The van der Waals surface area contributed by atoms with Crippen LogP contribution in [0.15, 0.2) is 6.07 Å². The summed E-state index contributed by atoms with van der Waals surface area (Å²) in [5.41, 5.74) is 1.32. The van der Waals surface area contributed by atoms with Crippen molar-refractivity contribution >= 4 is 27.1 Å². The first-order valence-corrected chi connectivity index (χ1v) is 12.2. The predicted molar refractivity (Wildman–Crippen MR) is 107 cm³/mol. The maximum absolute atomic E-state index is 13.2. The molecule has 0 N–H and O–H groups in total. The van der Waals surface area contributed by atoms with Crippen LogP contribution in [0, 0.1) is 5.92 Å². The van der Waals surface area contributed by atoms with Crippen molar-refractivity contribution < 1.29 is 13.2 Å². The minimum absolute atomic E-state index is 0.0258. The number of hydrogen-bond donors (Lipinski definition) is 0. The fourth-order valence-electron chi connectivity index (χ4n) is 3.98. The number of aryl methyl sites for hydroxylation is 1. The summed E-state index contributed by atoms with van der Waals surface area (Å²) in [6.45, 7) is 3.77. The Hall–Kier alpha value is -0.920. The summed E-state index contributed by atoms with van der Waals surface area (Å²) in [6.07, 6.45) is 4.73. The lowest BCUT2D eigenvalue weighted by Gasteiger charge is -2.28. The number of sulfone groups is 1. The molecule has 2 unspecified atom stereocenters. The number of carbonyl (C=O) groups is 1. The van der Waals surface area contributed by atoms with E-state index in [1.54, 1.807) is 11.3 Å². The average molecular weight is 399 g/mol. The first kappa shape index (κ1) is 19.8. The molecule has 0 spiro atoms. The van der Waals surface area contributed by atoms with E-state index >= 15 is 0 Å². The van der Waals surface area contributed by atoms with E-state index in [0.29, 0.717) is 18.9 Å². The van der Waals surface area contributed by atoms with Crippen LogP contribution in [0.5, 0.6) is 0 Å². The number of amides is 1. The van der Waals surface area contributed by atoms with E-state index in [2.05, 4.69) is 17.9 Å². The highest BCUT2D eigenvalue weighted by Crippen LogP contribution is 2.33. The summed E-state index contributed by atoms with van der Waals surface area (Å²) in [5, 5.41) is 0. The molecule has 0 bridgehead atoms. The molecule has 2 aliphatic rings. The molecule has 3 rings (SSSR count). The Morgan fingerprint density at radius 3 is 2.69 bits per heavy atom. The zero-order valence-corrected chi connectivity index (χ0v) is 17.7. The highest BCUT2D eigenvalue weighted by Gasteiger charge is 2.35. The second-order valence-corrected chi connectivity index (χ2v) is 11.5. The van der Waals surface area contributed by atoms with E-state index in [1.807, 2.05) is 19.0 Å². The zero-order valence-electron chi connectivity index (χ0n) is 16.0. The van der Waals surface area contributed by atoms with Crippen LogP contribution in [0.1, 0.15) is 46.3 Å². The molecule has 1 aliphatic carbocycles. The molecule has 7 heteroatoms. The van der Waals surface area contributed by atoms with E-state index in [-0.39, 0.29) is 23.5 Å². The van der Waals surface area contributed by atoms with Gasteiger partial charge in [-0.25, -0.2) is 8.42 Å². The van der Waals surface area contributed by atoms with Crippen LogP contribution in [-0.2, 0) is 22.7 Å². The topological polar surface area (TPSA) is 57.7 Å². The van der Waals surface area contributed by atoms with Gasteiger partial charge >= 0.3 is 0 Å². The van der Waals surface area contributed by atoms with Gasteiger partial charge < -0.3 is 9.80 Å². The van der Waals surface area contributed by atoms with Crippen molar-refractivity contribution in [3.8, 4) is 0 Å². The Labute approximate surface area is 161 Å². The van der Waals surface area contributed by atoms with Gasteiger partial charge in [-0.3, -0.25) is 4.79 Å². The minimum Gasteiger partial charge on any atom is -0.334 e. The summed E-state index contributed by atoms with van der Waals surface area (Å²) in [6, 6.07) is 1.90. The molecule has 1 aromatic rings. The molecule has 0 aromatic carbocycles. The van der Waals surface area contributed by atoms with Gasteiger partial charge in [-0.1, -0.05) is 6.92 Å². The SMILES string of the molecule is CC1CCc2sc(C(=O)N(CCCN(C)C)C3CCS(=O)(=O)C3)cc2C1. The van der Waals surface area contributed by atoms with Crippen LogP contribution >= 0.6 is 11.3 Å². The highest BCUT2D eigenvalue weighted by atomic mass is 32.2. The fourth-order valence-corrected chi connectivity index (χ4v) is 6.88. The highest BCUT2D eigenvalue weighted by molar-refractivity contribution is 7.91. The second-order valence-electron chi connectivity index (χ2n) is 8.12. The number of hydrogen-bond acceptors (Lipinski definition) is 5. The number of thiophene rings is 1. The molecule has 146 valence electrons. The Bertz CT molecular complexity index is 755. The third-order valence-electron chi connectivity index (χ3n) is 5.45. The van der Waals surface area contributed by atoms with Gasteiger partial charge in [-0.2, -0.15) is 0 Å². The third-order valence-corrected chi connectivity index (χ3v) is 8.43. The molecular weight excluding hydrogens is 368 g/mol. The first-order valence-electron chi connectivity index (χ1n) is 9.53. The van der Waals surface area contributed by atoms with Crippen molar-refractivity contribution in [1.29, 1.82) is 0 Å². The van der Waals surface area contributed by atoms with Gasteiger partial charge in [-0.05, 0) is 70.3 Å². The maximum Gasteiger partial charge on any atom is 0.264 e. The monoisotopic (exact) mass is 398 g/mol. The fraction of sp³-hybridized carbons (Fsp3) is 0.737. The van der Waals surface area contributed by atoms with E-state index in [9.17, 15) is 13.2 Å². The van der Waals surface area contributed by atoms with Gasteiger partial charge in [0.05, 0.1) is 16.4 Å². The van der Waals surface area contributed by atoms with Crippen LogP contribution in [0.4, 0.5) is 0 Å². The molecule has 0 saturated carbocycles. The quantitative estimate of drug-likeness (QED) is 0.739. The molecule has 1 fully saturated rings. The summed E-state index contributed by atoms with van der Waals surface area (Å²) in [7, 11) is 1.02. The van der Waals surface area contributed by atoms with Crippen molar-refractivity contribution in [3.63, 3.8) is 0 Å². The second kappa shape index (κ2) is 7.98. The van der Waals surface area contributed by atoms with Gasteiger partial charge in [0, 0.05) is 17.5 Å².